The van der Waals surface area contributed by atoms with Crippen LogP contribution in [0.5, 0.6) is 0 Å². The van der Waals surface area contributed by atoms with Crippen LogP contribution in [0.15, 0.2) is 154 Å². The molecule has 2 heterocycles. The van der Waals surface area contributed by atoms with Crippen LogP contribution in [0.3, 0.4) is 0 Å². The normalized spacial score (nSPS) is 20.1. The number of para-hydroxylation sites is 2. The second-order valence-corrected chi connectivity index (χ2v) is 11.9. The van der Waals surface area contributed by atoms with Crippen LogP contribution in [-0.2, 0) is 5.66 Å². The topological polar surface area (TPSA) is 18.8 Å². The van der Waals surface area contributed by atoms with Crippen molar-refractivity contribution in [2.45, 2.75) is 22.2 Å². The summed E-state index contributed by atoms with van der Waals surface area (Å²) >= 11 is 5.82. The molecule has 0 saturated heterocycles. The Morgan fingerprint density at radius 1 is 0.692 bits per heavy atom. The Kier molecular flexibility index (Phi) is 6.26. The maximum Gasteiger partial charge on any atom is 0.167 e. The van der Waals surface area contributed by atoms with E-state index in [0.29, 0.717) is 0 Å². The molecule has 2 aliphatic heterocycles. The second-order valence-electron chi connectivity index (χ2n) is 9.75. The van der Waals surface area contributed by atoms with Gasteiger partial charge < -0.3 is 0 Å². The van der Waals surface area contributed by atoms with Crippen LogP contribution >= 0.6 is 27.7 Å². The molecule has 0 unspecified atom stereocenters. The summed E-state index contributed by atoms with van der Waals surface area (Å²) in [7, 11) is 0. The first-order chi connectivity index (χ1) is 19.3. The Bertz CT molecular complexity index is 1640. The zero-order valence-corrected chi connectivity index (χ0v) is 23.6. The summed E-state index contributed by atoms with van der Waals surface area (Å²) in [6.45, 7) is 0. The lowest BCUT2D eigenvalue weighted by Gasteiger charge is -2.45. The first kappa shape index (κ1) is 24.3. The Morgan fingerprint density at radius 3 is 2.05 bits per heavy atom. The number of thioether (sulfide) groups is 1. The van der Waals surface area contributed by atoms with Gasteiger partial charge in [-0.25, -0.2) is 5.01 Å². The predicted octanol–water partition coefficient (Wildman–Crippen LogP) is 9.23. The van der Waals surface area contributed by atoms with Gasteiger partial charge in [-0.1, -0.05) is 125 Å². The predicted molar refractivity (Wildman–Crippen MR) is 166 cm³/mol. The molecule has 190 valence electrons. The van der Waals surface area contributed by atoms with Crippen molar-refractivity contribution in [2.75, 3.05) is 9.91 Å². The molecule has 3 nitrogen and oxygen atoms in total. The molecule has 0 fully saturated rings. The number of hydrogen-bond acceptors (Lipinski definition) is 4. The molecule has 5 heteroatoms. The number of benzene rings is 5. The van der Waals surface area contributed by atoms with Gasteiger partial charge in [-0.15, -0.1) is 11.8 Å². The molecule has 0 bridgehead atoms. The van der Waals surface area contributed by atoms with Gasteiger partial charge in [-0.05, 0) is 35.9 Å². The molecule has 0 N–H and O–H groups in total. The molecule has 39 heavy (non-hydrogen) atoms. The lowest BCUT2D eigenvalue weighted by molar-refractivity contribution is 0.407. The largest absolute Gasteiger partial charge is 0.294 e. The molecule has 0 amide bonds. The van der Waals surface area contributed by atoms with E-state index in [-0.39, 0.29) is 5.25 Å². The van der Waals surface area contributed by atoms with E-state index in [1.54, 1.807) is 0 Å². The average molecular weight is 589 g/mol. The first-order valence-corrected chi connectivity index (χ1v) is 14.8. The number of anilines is 2. The van der Waals surface area contributed by atoms with Gasteiger partial charge in [0.1, 0.15) is 0 Å². The highest BCUT2D eigenvalue weighted by Crippen LogP contribution is 2.58. The van der Waals surface area contributed by atoms with Crippen molar-refractivity contribution in [1.82, 2.24) is 0 Å². The second kappa shape index (κ2) is 10.1. The monoisotopic (exact) mass is 587 g/mol. The van der Waals surface area contributed by atoms with Gasteiger partial charge in [0, 0.05) is 32.2 Å². The van der Waals surface area contributed by atoms with E-state index < -0.39 is 5.66 Å². The van der Waals surface area contributed by atoms with Gasteiger partial charge in [-0.2, -0.15) is 5.10 Å². The molecule has 5 aromatic carbocycles. The molecule has 0 saturated carbocycles. The highest BCUT2D eigenvalue weighted by atomic mass is 79.9. The fourth-order valence-electron chi connectivity index (χ4n) is 5.78. The van der Waals surface area contributed by atoms with Crippen LogP contribution in [0.1, 0.15) is 28.4 Å². The SMILES string of the molecule is Brc1ccccc1[C@@H]1C[C@@]2(c3ccccc3)N(c3ccccc3)N=C(c3ccccc3)N2c2ccccc2S1. The van der Waals surface area contributed by atoms with Crippen molar-refractivity contribution in [1.29, 1.82) is 0 Å². The maximum absolute atomic E-state index is 5.47. The Hall–Kier alpha value is -3.80. The Morgan fingerprint density at radius 2 is 1.31 bits per heavy atom. The van der Waals surface area contributed by atoms with Crippen molar-refractivity contribution in [3.63, 3.8) is 0 Å². The third-order valence-corrected chi connectivity index (χ3v) is 9.52. The maximum atomic E-state index is 5.47. The van der Waals surface area contributed by atoms with Crippen molar-refractivity contribution in [2.24, 2.45) is 5.10 Å². The smallest absolute Gasteiger partial charge is 0.167 e. The number of amidine groups is 1. The first-order valence-electron chi connectivity index (χ1n) is 13.1. The third kappa shape index (κ3) is 4.08. The molecule has 0 spiro atoms. The van der Waals surface area contributed by atoms with Crippen LogP contribution in [0, 0.1) is 0 Å². The summed E-state index contributed by atoms with van der Waals surface area (Å²) in [4.78, 5) is 3.73. The standard InChI is InChI=1S/C34H26BrN3S/c35-29-21-11-10-20-28(29)32-24-34(26-16-6-2-7-17-26)37(30-22-12-13-23-31(30)39-32)33(25-14-4-1-5-15-25)36-38(34)27-18-8-3-9-19-27/h1-23,32H,24H2/t32-,34-/m0/s1. The average Bonchev–Trinajstić information content (AvgIpc) is 3.26. The minimum atomic E-state index is -0.604. The summed E-state index contributed by atoms with van der Waals surface area (Å²) in [5.74, 6) is 0.948. The molecule has 2 aliphatic rings. The molecular formula is C34H26BrN3S. The fourth-order valence-corrected chi connectivity index (χ4v) is 7.88. The number of hydrogen-bond donors (Lipinski definition) is 0. The lowest BCUT2D eigenvalue weighted by atomic mass is 9.88. The number of rotatable bonds is 4. The van der Waals surface area contributed by atoms with Crippen LogP contribution in [-0.4, -0.2) is 5.84 Å². The molecule has 0 aromatic heterocycles. The summed E-state index contributed by atoms with van der Waals surface area (Å²) in [6.07, 6.45) is 0.813. The zero-order valence-electron chi connectivity index (χ0n) is 21.2. The van der Waals surface area contributed by atoms with Crippen LogP contribution < -0.4 is 9.91 Å². The van der Waals surface area contributed by atoms with Gasteiger partial charge in [0.25, 0.3) is 0 Å². The van der Waals surface area contributed by atoms with Crippen LogP contribution in [0.25, 0.3) is 0 Å². The van der Waals surface area contributed by atoms with E-state index in [2.05, 4.69) is 165 Å². The molecule has 7 rings (SSSR count). The summed E-state index contributed by atoms with van der Waals surface area (Å²) in [5.41, 5.74) is 5.21. The third-order valence-electron chi connectivity index (χ3n) is 7.49. The number of halogens is 1. The Balaban J connectivity index is 1.56. The van der Waals surface area contributed by atoms with Gasteiger partial charge >= 0.3 is 0 Å². The molecule has 2 atom stereocenters. The van der Waals surface area contributed by atoms with Gasteiger partial charge in [0.2, 0.25) is 0 Å². The van der Waals surface area contributed by atoms with Crippen LogP contribution in [0.2, 0.25) is 0 Å². The van der Waals surface area contributed by atoms with Crippen molar-refractivity contribution in [3.8, 4) is 0 Å². The van der Waals surface area contributed by atoms with Crippen LogP contribution in [0.4, 0.5) is 11.4 Å². The molecular weight excluding hydrogens is 562 g/mol. The van der Waals surface area contributed by atoms with E-state index in [9.17, 15) is 0 Å². The van der Waals surface area contributed by atoms with Gasteiger partial charge in [0.05, 0.1) is 11.4 Å². The van der Waals surface area contributed by atoms with E-state index >= 15 is 0 Å². The van der Waals surface area contributed by atoms with E-state index in [4.69, 9.17) is 5.10 Å². The minimum absolute atomic E-state index is 0.170. The van der Waals surface area contributed by atoms with E-state index in [1.807, 2.05) is 11.8 Å². The molecule has 0 radical (unpaired) electrons. The Labute approximate surface area is 241 Å². The van der Waals surface area contributed by atoms with E-state index in [0.717, 1.165) is 28.0 Å². The zero-order chi connectivity index (χ0) is 26.2. The summed E-state index contributed by atoms with van der Waals surface area (Å²) in [6, 6.07) is 49.4. The minimum Gasteiger partial charge on any atom is -0.294 e. The quantitative estimate of drug-likeness (QED) is 0.209. The number of fused-ring (bicyclic) bond motifs is 3. The van der Waals surface area contributed by atoms with Crippen molar-refractivity contribution < 1.29 is 0 Å². The van der Waals surface area contributed by atoms with Gasteiger partial charge in [-0.3, -0.25) is 4.90 Å². The van der Waals surface area contributed by atoms with E-state index in [1.165, 1.54) is 21.7 Å². The number of nitrogens with zero attached hydrogens (tertiary/aromatic N) is 3. The molecule has 0 aliphatic carbocycles. The van der Waals surface area contributed by atoms with Crippen molar-refractivity contribution in [3.05, 3.63) is 161 Å². The number of hydrazone groups is 1. The highest BCUT2D eigenvalue weighted by Gasteiger charge is 2.55. The molecule has 5 aromatic rings. The van der Waals surface area contributed by atoms with Crippen molar-refractivity contribution >= 4 is 44.9 Å². The summed E-state index contributed by atoms with van der Waals surface area (Å²) in [5, 5.41) is 7.90. The highest BCUT2D eigenvalue weighted by molar-refractivity contribution is 9.10. The summed E-state index contributed by atoms with van der Waals surface area (Å²) < 4.78 is 1.13. The van der Waals surface area contributed by atoms with Gasteiger partial charge in [0.15, 0.2) is 11.5 Å². The lowest BCUT2D eigenvalue weighted by Crippen LogP contribution is -2.54. The fraction of sp³-hybridized carbons (Fsp3) is 0.0882.